The minimum atomic E-state index is -3.24. The first-order chi connectivity index (χ1) is 8.07. The van der Waals surface area contributed by atoms with Crippen LogP contribution in [0.25, 0.3) is 0 Å². The van der Waals surface area contributed by atoms with E-state index in [9.17, 15) is 8.42 Å². The predicted molar refractivity (Wildman–Crippen MR) is 71.6 cm³/mol. The van der Waals surface area contributed by atoms with Gasteiger partial charge >= 0.3 is 0 Å². The Labute approximate surface area is 114 Å². The lowest BCUT2D eigenvalue weighted by atomic mass is 10.0. The van der Waals surface area contributed by atoms with Gasteiger partial charge in [-0.1, -0.05) is 6.42 Å². The van der Waals surface area contributed by atoms with Gasteiger partial charge in [0.05, 0.1) is 3.79 Å². The number of halogens is 1. The van der Waals surface area contributed by atoms with Crippen LogP contribution in [0.15, 0.2) is 20.1 Å². The maximum Gasteiger partial charge on any atom is 0.252 e. The fraction of sp³-hybridized carbons (Fsp3) is 0.636. The summed E-state index contributed by atoms with van der Waals surface area (Å²) in [5.41, 5.74) is 0. The summed E-state index contributed by atoms with van der Waals surface area (Å²) in [6.07, 6.45) is 3.67. The van der Waals surface area contributed by atoms with Gasteiger partial charge in [-0.05, 0) is 52.7 Å². The van der Waals surface area contributed by atoms with Crippen LogP contribution in [0.3, 0.4) is 0 Å². The summed E-state index contributed by atoms with van der Waals surface area (Å²) in [5.74, 6) is 1.21. The van der Waals surface area contributed by atoms with Crippen molar-refractivity contribution in [2.75, 3.05) is 13.1 Å². The molecule has 0 bridgehead atoms. The summed E-state index contributed by atoms with van der Waals surface area (Å²) >= 11 is 4.61. The van der Waals surface area contributed by atoms with Crippen LogP contribution >= 0.6 is 27.3 Å². The van der Waals surface area contributed by atoms with Gasteiger partial charge in [-0.15, -0.1) is 11.3 Å². The maximum absolute atomic E-state index is 12.4. The second-order valence-electron chi connectivity index (χ2n) is 4.83. The zero-order chi connectivity index (χ0) is 12.0. The fourth-order valence-electron chi connectivity index (χ4n) is 2.95. The van der Waals surface area contributed by atoms with E-state index in [0.29, 0.717) is 16.0 Å². The van der Waals surface area contributed by atoms with Crippen LogP contribution in [0, 0.1) is 11.8 Å². The fourth-order valence-corrected chi connectivity index (χ4v) is 6.67. The van der Waals surface area contributed by atoms with Crippen molar-refractivity contribution >= 4 is 37.3 Å². The summed E-state index contributed by atoms with van der Waals surface area (Å²) in [6.45, 7) is 1.45. The molecule has 1 saturated heterocycles. The van der Waals surface area contributed by atoms with E-state index in [4.69, 9.17) is 0 Å². The van der Waals surface area contributed by atoms with Crippen LogP contribution in [-0.4, -0.2) is 25.8 Å². The number of hydrogen-bond acceptors (Lipinski definition) is 3. The van der Waals surface area contributed by atoms with E-state index in [1.807, 2.05) is 0 Å². The van der Waals surface area contributed by atoms with Gasteiger partial charge in [-0.25, -0.2) is 8.42 Å². The molecule has 1 aliphatic heterocycles. The molecule has 17 heavy (non-hydrogen) atoms. The molecule has 94 valence electrons. The smallest absolute Gasteiger partial charge is 0.206 e. The van der Waals surface area contributed by atoms with E-state index < -0.39 is 10.0 Å². The highest BCUT2D eigenvalue weighted by Crippen LogP contribution is 2.40. The predicted octanol–water partition coefficient (Wildman–Crippen LogP) is 2.93. The molecule has 2 fully saturated rings. The molecule has 0 spiro atoms. The number of sulfonamides is 1. The molecule has 1 aromatic rings. The molecule has 2 heterocycles. The van der Waals surface area contributed by atoms with Gasteiger partial charge in [0.25, 0.3) is 10.0 Å². The Balaban J connectivity index is 1.85. The van der Waals surface area contributed by atoms with Crippen LogP contribution in [0.5, 0.6) is 0 Å². The third-order valence-corrected chi connectivity index (χ3v) is 7.76. The molecule has 1 saturated carbocycles. The molecule has 2 unspecified atom stereocenters. The summed E-state index contributed by atoms with van der Waals surface area (Å²) in [5, 5.41) is 0. The van der Waals surface area contributed by atoms with Crippen LogP contribution in [-0.2, 0) is 10.0 Å². The van der Waals surface area contributed by atoms with Crippen LogP contribution < -0.4 is 0 Å². The topological polar surface area (TPSA) is 37.4 Å². The monoisotopic (exact) mass is 335 g/mol. The van der Waals surface area contributed by atoms with E-state index in [1.165, 1.54) is 30.6 Å². The van der Waals surface area contributed by atoms with Crippen LogP contribution in [0.4, 0.5) is 0 Å². The Morgan fingerprint density at radius 3 is 2.41 bits per heavy atom. The summed E-state index contributed by atoms with van der Waals surface area (Å²) in [6, 6.07) is 3.49. The quantitative estimate of drug-likeness (QED) is 0.833. The molecule has 0 N–H and O–H groups in total. The normalized spacial score (nSPS) is 29.7. The van der Waals surface area contributed by atoms with Crippen molar-refractivity contribution in [1.82, 2.24) is 4.31 Å². The lowest BCUT2D eigenvalue weighted by Gasteiger charge is -2.15. The molecule has 0 amide bonds. The lowest BCUT2D eigenvalue weighted by molar-refractivity contribution is 0.447. The highest BCUT2D eigenvalue weighted by atomic mass is 79.9. The summed E-state index contributed by atoms with van der Waals surface area (Å²) in [4.78, 5) is 0. The zero-order valence-corrected chi connectivity index (χ0v) is 12.5. The van der Waals surface area contributed by atoms with Crippen LogP contribution in [0.2, 0.25) is 0 Å². The third-order valence-electron chi connectivity index (χ3n) is 3.84. The van der Waals surface area contributed by atoms with E-state index in [1.54, 1.807) is 16.4 Å². The zero-order valence-electron chi connectivity index (χ0n) is 9.30. The van der Waals surface area contributed by atoms with Crippen molar-refractivity contribution < 1.29 is 8.42 Å². The van der Waals surface area contributed by atoms with Crippen molar-refractivity contribution in [3.63, 3.8) is 0 Å². The third kappa shape index (κ3) is 2.09. The molecule has 6 heteroatoms. The Morgan fingerprint density at radius 1 is 1.24 bits per heavy atom. The number of nitrogens with zero attached hydrogens (tertiary/aromatic N) is 1. The van der Waals surface area contributed by atoms with Gasteiger partial charge in [0.2, 0.25) is 0 Å². The van der Waals surface area contributed by atoms with Gasteiger partial charge in [-0.2, -0.15) is 4.31 Å². The summed E-state index contributed by atoms with van der Waals surface area (Å²) in [7, 11) is -3.24. The average Bonchev–Trinajstić information content (AvgIpc) is 2.89. The first-order valence-corrected chi connectivity index (χ1v) is 8.88. The van der Waals surface area contributed by atoms with Crippen molar-refractivity contribution in [2.45, 2.75) is 23.5 Å². The average molecular weight is 336 g/mol. The second kappa shape index (κ2) is 4.33. The lowest BCUT2D eigenvalue weighted by Crippen LogP contribution is -2.29. The largest absolute Gasteiger partial charge is 0.252 e. The van der Waals surface area contributed by atoms with Gasteiger partial charge in [0.1, 0.15) is 4.21 Å². The molecular weight excluding hydrogens is 322 g/mol. The molecule has 1 aliphatic carbocycles. The van der Waals surface area contributed by atoms with Crippen molar-refractivity contribution in [3.8, 4) is 0 Å². The molecule has 2 aliphatic rings. The van der Waals surface area contributed by atoms with Crippen molar-refractivity contribution in [3.05, 3.63) is 15.9 Å². The van der Waals surface area contributed by atoms with E-state index >= 15 is 0 Å². The Kier molecular flexibility index (Phi) is 3.09. The molecule has 0 radical (unpaired) electrons. The van der Waals surface area contributed by atoms with Gasteiger partial charge < -0.3 is 0 Å². The summed E-state index contributed by atoms with van der Waals surface area (Å²) < 4.78 is 27.8. The number of fused-ring (bicyclic) bond motifs is 1. The molecule has 2 atom stereocenters. The first kappa shape index (κ1) is 12.1. The van der Waals surface area contributed by atoms with Crippen molar-refractivity contribution in [1.29, 1.82) is 0 Å². The van der Waals surface area contributed by atoms with Crippen LogP contribution in [0.1, 0.15) is 19.3 Å². The highest BCUT2D eigenvalue weighted by molar-refractivity contribution is 9.11. The van der Waals surface area contributed by atoms with E-state index in [2.05, 4.69) is 15.9 Å². The SMILES string of the molecule is O=S(=O)(c1ccc(Br)s1)N1CC2CCCC2C1. The number of thiophene rings is 1. The Bertz CT molecular complexity index is 513. The van der Waals surface area contributed by atoms with Gasteiger partial charge in [0, 0.05) is 13.1 Å². The maximum atomic E-state index is 12.4. The second-order valence-corrected chi connectivity index (χ2v) is 9.46. The van der Waals surface area contributed by atoms with E-state index in [-0.39, 0.29) is 0 Å². The molecule has 0 aromatic carbocycles. The Hall–Kier alpha value is 0.0900. The highest BCUT2D eigenvalue weighted by Gasteiger charge is 2.41. The minimum Gasteiger partial charge on any atom is -0.206 e. The van der Waals surface area contributed by atoms with E-state index in [0.717, 1.165) is 16.9 Å². The molecular formula is C11H14BrNO2S2. The first-order valence-electron chi connectivity index (χ1n) is 5.83. The molecule has 3 rings (SSSR count). The number of hydrogen-bond donors (Lipinski definition) is 0. The Morgan fingerprint density at radius 2 is 1.88 bits per heavy atom. The van der Waals surface area contributed by atoms with Gasteiger partial charge in [0.15, 0.2) is 0 Å². The van der Waals surface area contributed by atoms with Gasteiger partial charge in [-0.3, -0.25) is 0 Å². The number of rotatable bonds is 2. The standard InChI is InChI=1S/C11H14BrNO2S2/c12-10-4-5-11(16-10)17(14,15)13-6-8-2-1-3-9(8)7-13/h4-5,8-9H,1-3,6-7H2. The molecule has 1 aromatic heterocycles. The molecule has 3 nitrogen and oxygen atoms in total. The minimum absolute atomic E-state index is 0.462. The van der Waals surface area contributed by atoms with Crippen molar-refractivity contribution in [2.24, 2.45) is 11.8 Å².